The van der Waals surface area contributed by atoms with Gasteiger partial charge in [0, 0.05) is 18.4 Å². The highest BCUT2D eigenvalue weighted by Gasteiger charge is 2.33. The molecule has 0 bridgehead atoms. The summed E-state index contributed by atoms with van der Waals surface area (Å²) in [6.07, 6.45) is 0.354. The Bertz CT molecular complexity index is 549. The van der Waals surface area contributed by atoms with E-state index in [9.17, 15) is 14.7 Å². The van der Waals surface area contributed by atoms with Crippen LogP contribution in [0.1, 0.15) is 41.3 Å². The molecule has 0 spiro atoms. The van der Waals surface area contributed by atoms with E-state index in [-0.39, 0.29) is 30.7 Å². The van der Waals surface area contributed by atoms with E-state index in [1.54, 1.807) is 18.2 Å². The fraction of sp³-hybridized carbons (Fsp3) is 0.500. The molecule has 1 heterocycles. The minimum atomic E-state index is -0.683. The fourth-order valence-electron chi connectivity index (χ4n) is 2.81. The van der Waals surface area contributed by atoms with E-state index in [2.05, 4.69) is 0 Å². The van der Waals surface area contributed by atoms with Gasteiger partial charge in [-0.3, -0.25) is 4.79 Å². The van der Waals surface area contributed by atoms with Gasteiger partial charge in [0.25, 0.3) is 0 Å². The summed E-state index contributed by atoms with van der Waals surface area (Å²) >= 11 is 0. The van der Waals surface area contributed by atoms with Crippen molar-refractivity contribution in [1.29, 1.82) is 0 Å². The number of benzene rings is 1. The first-order chi connectivity index (χ1) is 10.2. The van der Waals surface area contributed by atoms with Gasteiger partial charge in [0.1, 0.15) is 0 Å². The molecule has 1 N–H and O–H groups in total. The number of carbonyl (C=O) groups excluding carboxylic acids is 2. The first-order valence-electron chi connectivity index (χ1n) is 7.25. The van der Waals surface area contributed by atoms with E-state index in [1.165, 1.54) is 0 Å². The zero-order valence-electron chi connectivity index (χ0n) is 11.7. The van der Waals surface area contributed by atoms with Crippen molar-refractivity contribution in [2.45, 2.75) is 31.5 Å². The van der Waals surface area contributed by atoms with Crippen LogP contribution in [0.3, 0.4) is 0 Å². The zero-order valence-corrected chi connectivity index (χ0v) is 11.7. The van der Waals surface area contributed by atoms with E-state index in [4.69, 9.17) is 9.47 Å². The van der Waals surface area contributed by atoms with E-state index >= 15 is 0 Å². The molecule has 0 aromatic heterocycles. The lowest BCUT2D eigenvalue weighted by molar-refractivity contribution is -0.170. The molecule has 1 aromatic carbocycles. The SMILES string of the molecule is O=C1CC(CCOC(=O)C2CCO2)C(O)c2ccccc21. The number of Topliss-reactive ketones (excluding diaryl/α,β-unsaturated/α-hetero) is 1. The monoisotopic (exact) mass is 290 g/mol. The van der Waals surface area contributed by atoms with Crippen LogP contribution in [0.4, 0.5) is 0 Å². The molecule has 112 valence electrons. The Balaban J connectivity index is 1.57. The fourth-order valence-corrected chi connectivity index (χ4v) is 2.81. The summed E-state index contributed by atoms with van der Waals surface area (Å²) in [6, 6.07) is 7.12. The van der Waals surface area contributed by atoms with Crippen LogP contribution < -0.4 is 0 Å². The predicted molar refractivity (Wildman–Crippen MR) is 73.8 cm³/mol. The predicted octanol–water partition coefficient (Wildman–Crippen LogP) is 1.64. The molecule has 0 saturated carbocycles. The van der Waals surface area contributed by atoms with E-state index in [0.29, 0.717) is 30.6 Å². The van der Waals surface area contributed by atoms with Gasteiger partial charge in [-0.2, -0.15) is 0 Å². The summed E-state index contributed by atoms with van der Waals surface area (Å²) < 4.78 is 10.2. The molecule has 2 aliphatic rings. The van der Waals surface area contributed by atoms with E-state index < -0.39 is 12.2 Å². The van der Waals surface area contributed by atoms with E-state index in [0.717, 1.165) is 0 Å². The number of aliphatic hydroxyl groups excluding tert-OH is 1. The number of rotatable bonds is 4. The van der Waals surface area contributed by atoms with Gasteiger partial charge in [0.05, 0.1) is 19.3 Å². The molecule has 1 aliphatic heterocycles. The van der Waals surface area contributed by atoms with Crippen molar-refractivity contribution in [2.75, 3.05) is 13.2 Å². The van der Waals surface area contributed by atoms with Crippen LogP contribution in [0.2, 0.25) is 0 Å². The van der Waals surface area contributed by atoms with Gasteiger partial charge < -0.3 is 14.6 Å². The van der Waals surface area contributed by atoms with Crippen molar-refractivity contribution in [3.05, 3.63) is 35.4 Å². The molecule has 5 heteroatoms. The molecular weight excluding hydrogens is 272 g/mol. The first-order valence-corrected chi connectivity index (χ1v) is 7.25. The van der Waals surface area contributed by atoms with Crippen molar-refractivity contribution >= 4 is 11.8 Å². The summed E-state index contributed by atoms with van der Waals surface area (Å²) in [5, 5.41) is 10.4. The lowest BCUT2D eigenvalue weighted by Crippen LogP contribution is -2.36. The summed E-state index contributed by atoms with van der Waals surface area (Å²) in [6.45, 7) is 0.808. The van der Waals surface area contributed by atoms with Crippen LogP contribution in [0.25, 0.3) is 0 Å². The number of carbonyl (C=O) groups is 2. The summed E-state index contributed by atoms with van der Waals surface area (Å²) in [4.78, 5) is 23.6. The van der Waals surface area contributed by atoms with E-state index in [1.807, 2.05) is 6.07 Å². The molecule has 5 nitrogen and oxygen atoms in total. The van der Waals surface area contributed by atoms with Crippen LogP contribution in [0.5, 0.6) is 0 Å². The molecule has 1 aromatic rings. The average Bonchev–Trinajstić information content (AvgIpc) is 2.42. The Hall–Kier alpha value is -1.72. The maximum atomic E-state index is 12.1. The minimum absolute atomic E-state index is 0.0366. The van der Waals surface area contributed by atoms with Crippen molar-refractivity contribution < 1.29 is 24.2 Å². The van der Waals surface area contributed by atoms with Crippen molar-refractivity contribution in [2.24, 2.45) is 5.92 Å². The number of ether oxygens (including phenoxy) is 2. The molecule has 3 atom stereocenters. The van der Waals surface area contributed by atoms with Crippen LogP contribution in [0, 0.1) is 5.92 Å². The maximum absolute atomic E-state index is 12.1. The second kappa shape index (κ2) is 5.95. The third kappa shape index (κ3) is 2.84. The molecule has 1 fully saturated rings. The second-order valence-electron chi connectivity index (χ2n) is 5.52. The lowest BCUT2D eigenvalue weighted by Gasteiger charge is -2.29. The standard InChI is InChI=1S/C16H18O5/c17-13-9-10(5-7-21-16(19)14-6-8-20-14)15(18)12-4-2-1-3-11(12)13/h1-4,10,14-15,18H,5-9H2. The molecule has 3 unspecified atom stereocenters. The Labute approximate surface area is 122 Å². The van der Waals surface area contributed by atoms with Gasteiger partial charge >= 0.3 is 5.97 Å². The van der Waals surface area contributed by atoms with Gasteiger partial charge in [-0.05, 0) is 17.9 Å². The largest absolute Gasteiger partial charge is 0.464 e. The van der Waals surface area contributed by atoms with Crippen LogP contribution in [-0.4, -0.2) is 36.2 Å². The normalized spacial score (nSPS) is 27.7. The third-order valence-corrected chi connectivity index (χ3v) is 4.17. The molecule has 1 aliphatic carbocycles. The third-order valence-electron chi connectivity index (χ3n) is 4.17. The van der Waals surface area contributed by atoms with Crippen molar-refractivity contribution in [3.63, 3.8) is 0 Å². The zero-order chi connectivity index (χ0) is 14.8. The Morgan fingerprint density at radius 1 is 1.38 bits per heavy atom. The second-order valence-corrected chi connectivity index (χ2v) is 5.52. The quantitative estimate of drug-likeness (QED) is 0.853. The summed E-state index contributed by atoms with van der Waals surface area (Å²) in [5.41, 5.74) is 1.27. The molecule has 1 saturated heterocycles. The Kier molecular flexibility index (Phi) is 4.03. The van der Waals surface area contributed by atoms with Crippen molar-refractivity contribution in [1.82, 2.24) is 0 Å². The number of hydrogen-bond acceptors (Lipinski definition) is 5. The summed E-state index contributed by atoms with van der Waals surface area (Å²) in [5.74, 6) is -0.518. The van der Waals surface area contributed by atoms with Crippen LogP contribution >= 0.6 is 0 Å². The highest BCUT2D eigenvalue weighted by molar-refractivity contribution is 5.98. The van der Waals surface area contributed by atoms with Gasteiger partial charge in [-0.1, -0.05) is 24.3 Å². The molecule has 0 radical (unpaired) electrons. The van der Waals surface area contributed by atoms with Gasteiger partial charge in [0.2, 0.25) is 0 Å². The number of fused-ring (bicyclic) bond motifs is 1. The topological polar surface area (TPSA) is 72.8 Å². The number of esters is 1. The number of hydrogen-bond donors (Lipinski definition) is 1. The number of aliphatic hydroxyl groups is 1. The Morgan fingerprint density at radius 3 is 2.86 bits per heavy atom. The molecule has 0 amide bonds. The average molecular weight is 290 g/mol. The van der Waals surface area contributed by atoms with Crippen LogP contribution in [0.15, 0.2) is 24.3 Å². The van der Waals surface area contributed by atoms with Crippen LogP contribution in [-0.2, 0) is 14.3 Å². The number of ketones is 1. The molecular formula is C16H18O5. The molecule has 3 rings (SSSR count). The van der Waals surface area contributed by atoms with Gasteiger partial charge in [-0.25, -0.2) is 4.79 Å². The lowest BCUT2D eigenvalue weighted by atomic mass is 9.79. The molecule has 21 heavy (non-hydrogen) atoms. The highest BCUT2D eigenvalue weighted by atomic mass is 16.6. The minimum Gasteiger partial charge on any atom is -0.464 e. The summed E-state index contributed by atoms with van der Waals surface area (Å²) in [7, 11) is 0. The van der Waals surface area contributed by atoms with Crippen molar-refractivity contribution in [3.8, 4) is 0 Å². The first kappa shape index (κ1) is 14.2. The smallest absolute Gasteiger partial charge is 0.335 e. The Morgan fingerprint density at radius 2 is 2.14 bits per heavy atom. The van der Waals surface area contributed by atoms with Gasteiger partial charge in [0.15, 0.2) is 11.9 Å². The maximum Gasteiger partial charge on any atom is 0.335 e. The highest BCUT2D eigenvalue weighted by Crippen LogP contribution is 2.36. The van der Waals surface area contributed by atoms with Gasteiger partial charge in [-0.15, -0.1) is 0 Å².